The monoisotopic (exact) mass is 519 g/mol. The van der Waals surface area contributed by atoms with Gasteiger partial charge in [0.15, 0.2) is 0 Å². The van der Waals surface area contributed by atoms with Gasteiger partial charge in [0.1, 0.15) is 0 Å². The van der Waals surface area contributed by atoms with E-state index in [-0.39, 0.29) is 0 Å². The molecule has 0 aliphatic rings. The van der Waals surface area contributed by atoms with Gasteiger partial charge in [-0.05, 0) is 25.7 Å². The first-order chi connectivity index (χ1) is 18.4. The zero-order valence-electron chi connectivity index (χ0n) is 26.5. The van der Waals surface area contributed by atoms with Gasteiger partial charge in [-0.25, -0.2) is 0 Å². The number of allylic oxidation sites excluding steroid dienone is 2. The molecule has 0 saturated heterocycles. The Bertz CT molecular complexity index is 395. The van der Waals surface area contributed by atoms with E-state index in [9.17, 15) is 0 Å². The SMILES string of the molecule is CCCCCCCCCCCCCC/C=C/CCCCCCCCCCCCCCCCCCCCC. The van der Waals surface area contributed by atoms with Crippen LogP contribution in [0.3, 0.4) is 0 Å². The van der Waals surface area contributed by atoms with Crippen LogP contribution in [0.5, 0.6) is 0 Å². The molecule has 0 heterocycles. The lowest BCUT2D eigenvalue weighted by Gasteiger charge is -2.04. The van der Waals surface area contributed by atoms with Gasteiger partial charge in [0.05, 0.1) is 0 Å². The highest BCUT2D eigenvalue weighted by Crippen LogP contribution is 2.15. The summed E-state index contributed by atoms with van der Waals surface area (Å²) in [6.07, 6.45) is 52.9. The Hall–Kier alpha value is -0.260. The van der Waals surface area contributed by atoms with E-state index < -0.39 is 0 Å². The Balaban J connectivity index is 3.07. The van der Waals surface area contributed by atoms with Crippen LogP contribution in [-0.2, 0) is 0 Å². The summed E-state index contributed by atoms with van der Waals surface area (Å²) >= 11 is 0. The molecule has 0 saturated carbocycles. The number of rotatable bonds is 33. The smallest absolute Gasteiger partial charge is 0.0351 e. The Morgan fingerprint density at radius 2 is 0.378 bits per heavy atom. The predicted molar refractivity (Wildman–Crippen MR) is 173 cm³/mol. The molecule has 0 radical (unpaired) electrons. The van der Waals surface area contributed by atoms with E-state index >= 15 is 0 Å². The van der Waals surface area contributed by atoms with Crippen LogP contribution in [0.25, 0.3) is 0 Å². The molecule has 37 heavy (non-hydrogen) atoms. The third-order valence-electron chi connectivity index (χ3n) is 8.37. The molecule has 0 fully saturated rings. The minimum atomic E-state index is 1.32. The van der Waals surface area contributed by atoms with Crippen molar-refractivity contribution in [1.82, 2.24) is 0 Å². The van der Waals surface area contributed by atoms with Gasteiger partial charge in [0.25, 0.3) is 0 Å². The highest BCUT2D eigenvalue weighted by molar-refractivity contribution is 4.81. The van der Waals surface area contributed by atoms with Gasteiger partial charge in [-0.2, -0.15) is 0 Å². The Morgan fingerprint density at radius 3 is 0.568 bits per heavy atom. The highest BCUT2D eigenvalue weighted by Gasteiger charge is 1.96. The van der Waals surface area contributed by atoms with E-state index in [0.717, 1.165) is 0 Å². The summed E-state index contributed by atoms with van der Waals surface area (Å²) in [5.74, 6) is 0. The fourth-order valence-corrected chi connectivity index (χ4v) is 5.68. The van der Waals surface area contributed by atoms with E-state index in [0.29, 0.717) is 0 Å². The zero-order chi connectivity index (χ0) is 26.7. The van der Waals surface area contributed by atoms with Crippen LogP contribution in [0, 0.1) is 0 Å². The Kier molecular flexibility index (Phi) is 35.5. The van der Waals surface area contributed by atoms with Crippen LogP contribution in [0.15, 0.2) is 12.2 Å². The lowest BCUT2D eigenvalue weighted by molar-refractivity contribution is 0.523. The molecule has 0 aliphatic heterocycles. The van der Waals surface area contributed by atoms with Gasteiger partial charge >= 0.3 is 0 Å². The summed E-state index contributed by atoms with van der Waals surface area (Å²) in [5, 5.41) is 0. The molecular weight excluding hydrogens is 444 g/mol. The van der Waals surface area contributed by atoms with Crippen molar-refractivity contribution >= 4 is 0 Å². The molecule has 0 heteroatoms. The predicted octanol–water partition coefficient (Wildman–Crippen LogP) is 14.5. The van der Waals surface area contributed by atoms with Gasteiger partial charge < -0.3 is 0 Å². The molecule has 0 aliphatic carbocycles. The van der Waals surface area contributed by atoms with E-state index in [4.69, 9.17) is 0 Å². The molecule has 0 amide bonds. The summed E-state index contributed by atoms with van der Waals surface area (Å²) in [6.45, 7) is 4.61. The summed E-state index contributed by atoms with van der Waals surface area (Å²) in [7, 11) is 0. The number of hydrogen-bond acceptors (Lipinski definition) is 0. The van der Waals surface area contributed by atoms with Crippen molar-refractivity contribution in [2.24, 2.45) is 0 Å². The molecule has 0 aromatic carbocycles. The van der Waals surface area contributed by atoms with E-state index in [2.05, 4.69) is 26.0 Å². The largest absolute Gasteiger partial charge is 0.0885 e. The van der Waals surface area contributed by atoms with Crippen molar-refractivity contribution in [2.75, 3.05) is 0 Å². The highest BCUT2D eigenvalue weighted by atomic mass is 14.0. The second-order valence-electron chi connectivity index (χ2n) is 12.3. The van der Waals surface area contributed by atoms with Crippen LogP contribution in [0.2, 0.25) is 0 Å². The van der Waals surface area contributed by atoms with E-state index in [1.54, 1.807) is 0 Å². The molecule has 0 aromatic rings. The lowest BCUT2D eigenvalue weighted by Crippen LogP contribution is -1.84. The summed E-state index contributed by atoms with van der Waals surface area (Å²) in [5.41, 5.74) is 0. The van der Waals surface area contributed by atoms with Crippen molar-refractivity contribution in [3.05, 3.63) is 12.2 Å². The van der Waals surface area contributed by atoms with Crippen molar-refractivity contribution in [1.29, 1.82) is 0 Å². The van der Waals surface area contributed by atoms with Crippen LogP contribution in [0.1, 0.15) is 226 Å². The third kappa shape index (κ3) is 35.7. The van der Waals surface area contributed by atoms with Gasteiger partial charge in [-0.1, -0.05) is 212 Å². The maximum absolute atomic E-state index is 2.46. The quantitative estimate of drug-likeness (QED) is 0.0598. The van der Waals surface area contributed by atoms with Gasteiger partial charge in [-0.3, -0.25) is 0 Å². The fourth-order valence-electron chi connectivity index (χ4n) is 5.68. The second-order valence-corrected chi connectivity index (χ2v) is 12.3. The Labute approximate surface area is 237 Å². The van der Waals surface area contributed by atoms with Crippen molar-refractivity contribution in [2.45, 2.75) is 226 Å². The number of unbranched alkanes of at least 4 members (excludes halogenated alkanes) is 31. The third-order valence-corrected chi connectivity index (χ3v) is 8.37. The topological polar surface area (TPSA) is 0 Å². The van der Waals surface area contributed by atoms with Crippen molar-refractivity contribution in [3.8, 4) is 0 Å². The maximum Gasteiger partial charge on any atom is -0.0351 e. The van der Waals surface area contributed by atoms with Crippen LogP contribution in [-0.4, -0.2) is 0 Å². The zero-order valence-corrected chi connectivity index (χ0v) is 26.5. The lowest BCUT2D eigenvalue weighted by atomic mass is 10.0. The summed E-state index contributed by atoms with van der Waals surface area (Å²) in [6, 6.07) is 0. The van der Waals surface area contributed by atoms with Crippen LogP contribution >= 0.6 is 0 Å². The molecule has 0 atom stereocenters. The molecular formula is C37H74. The average molecular weight is 519 g/mol. The maximum atomic E-state index is 2.46. The molecule has 0 rings (SSSR count). The average Bonchev–Trinajstić information content (AvgIpc) is 2.91. The Morgan fingerprint density at radius 1 is 0.216 bits per heavy atom. The summed E-state index contributed by atoms with van der Waals surface area (Å²) in [4.78, 5) is 0. The minimum Gasteiger partial charge on any atom is -0.0885 e. The normalized spacial score (nSPS) is 11.7. The first kappa shape index (κ1) is 36.7. The summed E-state index contributed by atoms with van der Waals surface area (Å²) < 4.78 is 0. The van der Waals surface area contributed by atoms with Gasteiger partial charge in [0, 0.05) is 0 Å². The molecule has 0 nitrogen and oxygen atoms in total. The van der Waals surface area contributed by atoms with Gasteiger partial charge in [-0.15, -0.1) is 0 Å². The van der Waals surface area contributed by atoms with Gasteiger partial charge in [0.2, 0.25) is 0 Å². The minimum absolute atomic E-state index is 1.32. The molecule has 0 spiro atoms. The first-order valence-electron chi connectivity index (χ1n) is 18.1. The number of hydrogen-bond donors (Lipinski definition) is 0. The fraction of sp³-hybridized carbons (Fsp3) is 0.946. The van der Waals surface area contributed by atoms with Crippen LogP contribution < -0.4 is 0 Å². The molecule has 0 unspecified atom stereocenters. The second kappa shape index (κ2) is 35.7. The molecule has 0 N–H and O–H groups in total. The van der Waals surface area contributed by atoms with Crippen LogP contribution in [0.4, 0.5) is 0 Å². The van der Waals surface area contributed by atoms with Crippen molar-refractivity contribution < 1.29 is 0 Å². The molecule has 0 bridgehead atoms. The first-order valence-corrected chi connectivity index (χ1v) is 18.1. The standard InChI is InChI=1S/C37H74/c1-3-5-7-9-11-13-15-17-19-21-23-25-27-29-31-33-35-37-36-34-32-30-28-26-24-22-20-18-16-14-12-10-8-6-4-2/h29,31H,3-28,30,32-37H2,1-2H3/b31-29+. The van der Waals surface area contributed by atoms with E-state index in [1.165, 1.54) is 212 Å². The van der Waals surface area contributed by atoms with E-state index in [1.807, 2.05) is 0 Å². The molecule has 0 aromatic heterocycles. The van der Waals surface area contributed by atoms with Crippen molar-refractivity contribution in [3.63, 3.8) is 0 Å². The molecule has 222 valence electrons.